The monoisotopic (exact) mass is 264 g/mol. The highest BCUT2D eigenvalue weighted by Gasteiger charge is 2.23. The van der Waals surface area contributed by atoms with Crippen LogP contribution in [0.5, 0.6) is 0 Å². The second-order valence-electron chi connectivity index (χ2n) is 6.38. The minimum atomic E-state index is 0.513. The molecule has 0 aromatic carbocycles. The summed E-state index contributed by atoms with van der Waals surface area (Å²) >= 11 is 0. The van der Waals surface area contributed by atoms with Crippen LogP contribution in [0, 0.1) is 11.8 Å². The van der Waals surface area contributed by atoms with Crippen molar-refractivity contribution in [2.75, 3.05) is 13.1 Å². The number of nitrogens with zero attached hydrogens (tertiary/aromatic N) is 1. The van der Waals surface area contributed by atoms with Crippen LogP contribution >= 0.6 is 0 Å². The van der Waals surface area contributed by atoms with E-state index < -0.39 is 0 Å². The highest BCUT2D eigenvalue weighted by molar-refractivity contribution is 5.17. The minimum Gasteiger partial charge on any atom is -0.468 e. The minimum absolute atomic E-state index is 0.513. The standard InChI is InChI=1S/C16H28N2O/c1-12(2)17-9-15-6-8-19-16(15)11-18-7-5-13(3)14(4)10-18/h6,8,12-14,17H,5,7,9-11H2,1-4H3. The van der Waals surface area contributed by atoms with Crippen LogP contribution in [0.4, 0.5) is 0 Å². The second kappa shape index (κ2) is 6.58. The number of hydrogen-bond donors (Lipinski definition) is 1. The number of hydrogen-bond acceptors (Lipinski definition) is 3. The van der Waals surface area contributed by atoms with E-state index in [1.165, 1.54) is 25.1 Å². The highest BCUT2D eigenvalue weighted by atomic mass is 16.3. The van der Waals surface area contributed by atoms with E-state index in [0.717, 1.165) is 30.7 Å². The van der Waals surface area contributed by atoms with Crippen molar-refractivity contribution < 1.29 is 4.42 Å². The molecule has 0 saturated carbocycles. The SMILES string of the molecule is CC(C)NCc1ccoc1CN1CCC(C)C(C)C1. The molecule has 0 aliphatic carbocycles. The smallest absolute Gasteiger partial charge is 0.122 e. The van der Waals surface area contributed by atoms with E-state index >= 15 is 0 Å². The molecule has 3 heteroatoms. The molecule has 1 saturated heterocycles. The Morgan fingerprint density at radius 3 is 2.84 bits per heavy atom. The van der Waals surface area contributed by atoms with Crippen LogP contribution in [-0.2, 0) is 13.1 Å². The summed E-state index contributed by atoms with van der Waals surface area (Å²) in [6.07, 6.45) is 3.13. The molecule has 3 nitrogen and oxygen atoms in total. The predicted molar refractivity (Wildman–Crippen MR) is 78.9 cm³/mol. The second-order valence-corrected chi connectivity index (χ2v) is 6.38. The maximum atomic E-state index is 5.68. The third-order valence-electron chi connectivity index (χ3n) is 4.32. The van der Waals surface area contributed by atoms with E-state index in [2.05, 4.69) is 44.0 Å². The van der Waals surface area contributed by atoms with Gasteiger partial charge in [0.2, 0.25) is 0 Å². The molecule has 0 spiro atoms. The van der Waals surface area contributed by atoms with Crippen molar-refractivity contribution in [2.45, 2.75) is 53.2 Å². The molecule has 0 amide bonds. The topological polar surface area (TPSA) is 28.4 Å². The fraction of sp³-hybridized carbons (Fsp3) is 0.750. The van der Waals surface area contributed by atoms with E-state index in [0.29, 0.717) is 6.04 Å². The maximum Gasteiger partial charge on any atom is 0.122 e. The summed E-state index contributed by atoms with van der Waals surface area (Å²) in [6, 6.07) is 2.61. The zero-order valence-corrected chi connectivity index (χ0v) is 12.8. The molecule has 19 heavy (non-hydrogen) atoms. The van der Waals surface area contributed by atoms with Crippen LogP contribution in [0.25, 0.3) is 0 Å². The Hall–Kier alpha value is -0.800. The maximum absolute atomic E-state index is 5.68. The first kappa shape index (κ1) is 14.6. The largest absolute Gasteiger partial charge is 0.468 e. The van der Waals surface area contributed by atoms with Gasteiger partial charge in [-0.05, 0) is 30.9 Å². The molecule has 2 rings (SSSR count). The first-order valence-electron chi connectivity index (χ1n) is 7.57. The average Bonchev–Trinajstić information content (AvgIpc) is 2.79. The van der Waals surface area contributed by atoms with Crippen LogP contribution in [0.2, 0.25) is 0 Å². The van der Waals surface area contributed by atoms with Gasteiger partial charge in [-0.15, -0.1) is 0 Å². The number of piperidine rings is 1. The summed E-state index contributed by atoms with van der Waals surface area (Å²) in [5, 5.41) is 3.46. The molecule has 1 aliphatic rings. The lowest BCUT2D eigenvalue weighted by Gasteiger charge is -2.34. The van der Waals surface area contributed by atoms with Crippen molar-refractivity contribution in [2.24, 2.45) is 11.8 Å². The third kappa shape index (κ3) is 4.08. The van der Waals surface area contributed by atoms with Crippen molar-refractivity contribution in [1.29, 1.82) is 0 Å². The normalized spacial score (nSPS) is 25.1. The zero-order valence-electron chi connectivity index (χ0n) is 12.8. The van der Waals surface area contributed by atoms with Gasteiger partial charge < -0.3 is 9.73 Å². The molecule has 0 radical (unpaired) electrons. The Morgan fingerprint density at radius 1 is 1.37 bits per heavy atom. The van der Waals surface area contributed by atoms with E-state index in [1.54, 1.807) is 0 Å². The van der Waals surface area contributed by atoms with E-state index in [9.17, 15) is 0 Å². The zero-order chi connectivity index (χ0) is 13.8. The molecule has 1 aliphatic heterocycles. The Balaban J connectivity index is 1.90. The third-order valence-corrected chi connectivity index (χ3v) is 4.32. The number of furan rings is 1. The lowest BCUT2D eigenvalue weighted by Crippen LogP contribution is -2.38. The molecular formula is C16H28N2O. The molecule has 2 heterocycles. The van der Waals surface area contributed by atoms with Gasteiger partial charge in [-0.2, -0.15) is 0 Å². The first-order valence-corrected chi connectivity index (χ1v) is 7.57. The van der Waals surface area contributed by atoms with Gasteiger partial charge in [0.1, 0.15) is 5.76 Å². The fourth-order valence-electron chi connectivity index (χ4n) is 2.67. The summed E-state index contributed by atoms with van der Waals surface area (Å²) in [5.74, 6) is 2.78. The Labute approximate surface area is 117 Å². The number of likely N-dealkylation sites (tertiary alicyclic amines) is 1. The number of nitrogens with one attached hydrogen (secondary N) is 1. The van der Waals surface area contributed by atoms with Crippen molar-refractivity contribution in [3.05, 3.63) is 23.7 Å². The Morgan fingerprint density at radius 2 is 2.16 bits per heavy atom. The van der Waals surface area contributed by atoms with Crippen LogP contribution in [0.15, 0.2) is 16.7 Å². The predicted octanol–water partition coefficient (Wildman–Crippen LogP) is 3.26. The van der Waals surface area contributed by atoms with Gasteiger partial charge in [-0.25, -0.2) is 0 Å². The van der Waals surface area contributed by atoms with Gasteiger partial charge in [0.15, 0.2) is 0 Å². The van der Waals surface area contributed by atoms with Crippen molar-refractivity contribution in [3.8, 4) is 0 Å². The summed E-state index contributed by atoms with van der Waals surface area (Å²) < 4.78 is 5.68. The van der Waals surface area contributed by atoms with E-state index in [1.807, 2.05) is 6.26 Å². The number of rotatable bonds is 5. The molecule has 1 aromatic heterocycles. The van der Waals surface area contributed by atoms with Gasteiger partial charge >= 0.3 is 0 Å². The van der Waals surface area contributed by atoms with Crippen LogP contribution < -0.4 is 5.32 Å². The Kier molecular flexibility index (Phi) is 5.06. The van der Waals surface area contributed by atoms with Gasteiger partial charge in [0.05, 0.1) is 12.8 Å². The fourth-order valence-corrected chi connectivity index (χ4v) is 2.67. The van der Waals surface area contributed by atoms with E-state index in [4.69, 9.17) is 4.42 Å². The molecule has 1 fully saturated rings. The van der Waals surface area contributed by atoms with Crippen LogP contribution in [0.1, 0.15) is 45.4 Å². The highest BCUT2D eigenvalue weighted by Crippen LogP contribution is 2.24. The lowest BCUT2D eigenvalue weighted by atomic mass is 9.88. The van der Waals surface area contributed by atoms with E-state index in [-0.39, 0.29) is 0 Å². The summed E-state index contributed by atoms with van der Waals surface area (Å²) in [6.45, 7) is 13.3. The first-order chi connectivity index (χ1) is 9.06. The summed E-state index contributed by atoms with van der Waals surface area (Å²) in [5.41, 5.74) is 1.31. The molecular weight excluding hydrogens is 236 g/mol. The van der Waals surface area contributed by atoms with Gasteiger partial charge in [0.25, 0.3) is 0 Å². The average molecular weight is 264 g/mol. The van der Waals surface area contributed by atoms with Crippen LogP contribution in [0.3, 0.4) is 0 Å². The van der Waals surface area contributed by atoms with Crippen LogP contribution in [-0.4, -0.2) is 24.0 Å². The molecule has 2 atom stereocenters. The van der Waals surface area contributed by atoms with Crippen molar-refractivity contribution in [1.82, 2.24) is 10.2 Å². The molecule has 2 unspecified atom stereocenters. The molecule has 1 aromatic rings. The molecule has 108 valence electrons. The van der Waals surface area contributed by atoms with Gasteiger partial charge in [0, 0.05) is 24.7 Å². The molecule has 1 N–H and O–H groups in total. The summed E-state index contributed by atoms with van der Waals surface area (Å²) in [7, 11) is 0. The lowest BCUT2D eigenvalue weighted by molar-refractivity contribution is 0.124. The van der Waals surface area contributed by atoms with Gasteiger partial charge in [-0.1, -0.05) is 27.7 Å². The summed E-state index contributed by atoms with van der Waals surface area (Å²) in [4.78, 5) is 2.53. The van der Waals surface area contributed by atoms with Crippen molar-refractivity contribution in [3.63, 3.8) is 0 Å². The quantitative estimate of drug-likeness (QED) is 0.885. The molecule has 0 bridgehead atoms. The van der Waals surface area contributed by atoms with Crippen molar-refractivity contribution >= 4 is 0 Å². The van der Waals surface area contributed by atoms with Gasteiger partial charge in [-0.3, -0.25) is 4.90 Å². The Bertz CT molecular complexity index is 386.